The van der Waals surface area contributed by atoms with E-state index in [1.54, 1.807) is 33.9 Å². The van der Waals surface area contributed by atoms with E-state index in [1.165, 1.54) is 6.07 Å². The van der Waals surface area contributed by atoms with E-state index in [9.17, 15) is 4.39 Å². The molecule has 0 unspecified atom stereocenters. The van der Waals surface area contributed by atoms with Crippen molar-refractivity contribution < 1.29 is 4.39 Å². The van der Waals surface area contributed by atoms with Crippen molar-refractivity contribution in [2.24, 2.45) is 0 Å². The highest BCUT2D eigenvalue weighted by molar-refractivity contribution is 5.59. The molecule has 0 fully saturated rings. The Morgan fingerprint density at radius 2 is 1.86 bits per heavy atom. The average molecular weight is 385 g/mol. The maximum atomic E-state index is 14.4. The van der Waals surface area contributed by atoms with E-state index in [4.69, 9.17) is 0 Å². The summed E-state index contributed by atoms with van der Waals surface area (Å²) >= 11 is 0. The number of anilines is 1. The van der Waals surface area contributed by atoms with E-state index in [1.807, 2.05) is 48.5 Å². The first-order chi connectivity index (χ1) is 14.3. The standard InChI is InChI=1S/C21H16FN7/c22-17-12-15(6-7-18(17)28-11-10-23-14-28)13-24-19-8-9-20-25-26-21(29(20)27-19)16-4-2-1-3-5-16/h1-12,14H,13H2,(H,24,27). The lowest BCUT2D eigenvalue weighted by Gasteiger charge is -2.09. The van der Waals surface area contributed by atoms with Gasteiger partial charge in [0.2, 0.25) is 0 Å². The van der Waals surface area contributed by atoms with Gasteiger partial charge in [-0.05, 0) is 29.8 Å². The van der Waals surface area contributed by atoms with Gasteiger partial charge in [-0.1, -0.05) is 36.4 Å². The number of benzene rings is 2. The highest BCUT2D eigenvalue weighted by Gasteiger charge is 2.10. The van der Waals surface area contributed by atoms with Gasteiger partial charge in [-0.25, -0.2) is 9.37 Å². The Morgan fingerprint density at radius 3 is 2.66 bits per heavy atom. The monoisotopic (exact) mass is 385 g/mol. The Morgan fingerprint density at radius 1 is 0.966 bits per heavy atom. The molecular weight excluding hydrogens is 369 g/mol. The summed E-state index contributed by atoms with van der Waals surface area (Å²) in [4.78, 5) is 3.95. The molecule has 0 amide bonds. The minimum absolute atomic E-state index is 0.309. The topological polar surface area (TPSA) is 72.9 Å². The Labute approximate surface area is 165 Å². The third kappa shape index (κ3) is 3.31. The van der Waals surface area contributed by atoms with Gasteiger partial charge in [0.1, 0.15) is 11.6 Å². The second-order valence-corrected chi connectivity index (χ2v) is 6.49. The lowest BCUT2D eigenvalue weighted by atomic mass is 10.2. The quantitative estimate of drug-likeness (QED) is 0.499. The molecule has 0 saturated carbocycles. The van der Waals surface area contributed by atoms with Crippen molar-refractivity contribution >= 4 is 11.5 Å². The molecule has 0 saturated heterocycles. The molecule has 142 valence electrons. The smallest absolute Gasteiger partial charge is 0.185 e. The summed E-state index contributed by atoms with van der Waals surface area (Å²) in [5, 5.41) is 16.2. The van der Waals surface area contributed by atoms with Gasteiger partial charge in [0.15, 0.2) is 11.5 Å². The first kappa shape index (κ1) is 17.1. The summed E-state index contributed by atoms with van der Waals surface area (Å²) < 4.78 is 17.8. The number of halogens is 1. The normalized spacial score (nSPS) is 11.1. The number of rotatable bonds is 5. The molecule has 3 aromatic heterocycles. The summed E-state index contributed by atoms with van der Waals surface area (Å²) in [6.45, 7) is 0.433. The molecule has 7 nitrogen and oxygen atoms in total. The largest absolute Gasteiger partial charge is 0.365 e. The van der Waals surface area contributed by atoms with Gasteiger partial charge in [-0.15, -0.1) is 15.3 Å². The van der Waals surface area contributed by atoms with E-state index < -0.39 is 0 Å². The van der Waals surface area contributed by atoms with Gasteiger partial charge in [0.25, 0.3) is 0 Å². The Kier molecular flexibility index (Phi) is 4.21. The van der Waals surface area contributed by atoms with Crippen molar-refractivity contribution in [2.75, 3.05) is 5.32 Å². The van der Waals surface area contributed by atoms with Crippen molar-refractivity contribution in [1.29, 1.82) is 0 Å². The van der Waals surface area contributed by atoms with Gasteiger partial charge < -0.3 is 9.88 Å². The van der Waals surface area contributed by atoms with Crippen LogP contribution in [0.15, 0.2) is 79.4 Å². The molecule has 0 radical (unpaired) electrons. The van der Waals surface area contributed by atoms with Gasteiger partial charge >= 0.3 is 0 Å². The number of nitrogens with one attached hydrogen (secondary N) is 1. The zero-order valence-electron chi connectivity index (χ0n) is 15.3. The predicted octanol–water partition coefficient (Wildman–Crippen LogP) is 3.73. The number of nitrogens with zero attached hydrogens (tertiary/aromatic N) is 6. The van der Waals surface area contributed by atoms with E-state index >= 15 is 0 Å². The lowest BCUT2D eigenvalue weighted by Crippen LogP contribution is -2.05. The van der Waals surface area contributed by atoms with Crippen LogP contribution >= 0.6 is 0 Å². The number of imidazole rings is 1. The SMILES string of the molecule is Fc1cc(CNc2ccc3nnc(-c4ccccc4)n3n2)ccc1-n1ccnc1. The summed E-state index contributed by atoms with van der Waals surface area (Å²) in [6, 6.07) is 18.6. The van der Waals surface area contributed by atoms with Crippen LogP contribution in [0, 0.1) is 5.82 Å². The van der Waals surface area contributed by atoms with E-state index in [0.29, 0.717) is 29.5 Å². The molecule has 0 aliphatic heterocycles. The van der Waals surface area contributed by atoms with Crippen molar-refractivity contribution in [2.45, 2.75) is 6.54 Å². The highest BCUT2D eigenvalue weighted by Crippen LogP contribution is 2.19. The van der Waals surface area contributed by atoms with Crippen molar-refractivity contribution in [3.05, 3.63) is 90.8 Å². The molecule has 0 spiro atoms. The van der Waals surface area contributed by atoms with E-state index in [-0.39, 0.29) is 5.82 Å². The molecule has 8 heteroatoms. The van der Waals surface area contributed by atoms with Crippen molar-refractivity contribution in [3.63, 3.8) is 0 Å². The maximum absolute atomic E-state index is 14.4. The molecule has 5 aromatic rings. The summed E-state index contributed by atoms with van der Waals surface area (Å²) in [5.74, 6) is 1.00. The van der Waals surface area contributed by atoms with Crippen LogP contribution in [0.4, 0.5) is 10.2 Å². The molecule has 2 aromatic carbocycles. The van der Waals surface area contributed by atoms with E-state index in [2.05, 4.69) is 25.6 Å². The number of hydrogen-bond donors (Lipinski definition) is 1. The van der Waals surface area contributed by atoms with Crippen LogP contribution in [0.2, 0.25) is 0 Å². The van der Waals surface area contributed by atoms with Gasteiger partial charge in [0.05, 0.1) is 12.0 Å². The first-order valence-electron chi connectivity index (χ1n) is 9.06. The van der Waals surface area contributed by atoms with Crippen molar-refractivity contribution in [1.82, 2.24) is 29.4 Å². The fourth-order valence-electron chi connectivity index (χ4n) is 3.11. The van der Waals surface area contributed by atoms with Crippen LogP contribution < -0.4 is 5.32 Å². The zero-order valence-corrected chi connectivity index (χ0v) is 15.3. The van der Waals surface area contributed by atoms with Crippen LogP contribution in [-0.4, -0.2) is 29.4 Å². The molecular formula is C21H16FN7. The predicted molar refractivity (Wildman–Crippen MR) is 107 cm³/mol. The van der Waals surface area contributed by atoms with Crippen LogP contribution in [-0.2, 0) is 6.54 Å². The second kappa shape index (κ2) is 7.16. The van der Waals surface area contributed by atoms with Crippen LogP contribution in [0.5, 0.6) is 0 Å². The third-order valence-electron chi connectivity index (χ3n) is 4.56. The summed E-state index contributed by atoms with van der Waals surface area (Å²) in [5.41, 5.74) is 2.86. The molecule has 0 atom stereocenters. The molecule has 0 aliphatic rings. The first-order valence-corrected chi connectivity index (χ1v) is 9.06. The number of fused-ring (bicyclic) bond motifs is 1. The Balaban J connectivity index is 1.38. The third-order valence-corrected chi connectivity index (χ3v) is 4.56. The Hall–Kier alpha value is -4.07. The highest BCUT2D eigenvalue weighted by atomic mass is 19.1. The maximum Gasteiger partial charge on any atom is 0.185 e. The molecule has 0 aliphatic carbocycles. The van der Waals surface area contributed by atoms with Gasteiger partial charge in [0, 0.05) is 24.5 Å². The minimum atomic E-state index is -0.309. The fraction of sp³-hybridized carbons (Fsp3) is 0.0476. The lowest BCUT2D eigenvalue weighted by molar-refractivity contribution is 0.616. The van der Waals surface area contributed by atoms with Gasteiger partial charge in [-0.3, -0.25) is 0 Å². The average Bonchev–Trinajstić information content (AvgIpc) is 3.43. The number of hydrogen-bond acceptors (Lipinski definition) is 5. The van der Waals surface area contributed by atoms with Crippen LogP contribution in [0.3, 0.4) is 0 Å². The zero-order chi connectivity index (χ0) is 19.6. The Bertz CT molecular complexity index is 1260. The summed E-state index contributed by atoms with van der Waals surface area (Å²) in [6.07, 6.45) is 4.89. The molecule has 0 bridgehead atoms. The van der Waals surface area contributed by atoms with Crippen molar-refractivity contribution in [3.8, 4) is 17.1 Å². The van der Waals surface area contributed by atoms with Gasteiger partial charge in [-0.2, -0.15) is 4.52 Å². The second-order valence-electron chi connectivity index (χ2n) is 6.49. The molecule has 5 rings (SSSR count). The minimum Gasteiger partial charge on any atom is -0.365 e. The summed E-state index contributed by atoms with van der Waals surface area (Å²) in [7, 11) is 0. The molecule has 29 heavy (non-hydrogen) atoms. The fourth-order valence-corrected chi connectivity index (χ4v) is 3.11. The van der Waals surface area contributed by atoms with E-state index in [0.717, 1.165) is 11.1 Å². The molecule has 3 heterocycles. The molecule has 1 N–H and O–H groups in total. The number of aromatic nitrogens is 6. The van der Waals surface area contributed by atoms with Crippen LogP contribution in [0.1, 0.15) is 5.56 Å². The van der Waals surface area contributed by atoms with Crippen LogP contribution in [0.25, 0.3) is 22.7 Å².